The van der Waals surface area contributed by atoms with E-state index in [0.717, 1.165) is 11.5 Å². The Morgan fingerprint density at radius 2 is 1.65 bits per heavy atom. The molecule has 0 aliphatic carbocycles. The zero-order valence-electron chi connectivity index (χ0n) is 12.4. The molecule has 5 nitrogen and oxygen atoms in total. The van der Waals surface area contributed by atoms with E-state index in [1.807, 2.05) is 42.5 Å². The van der Waals surface area contributed by atoms with E-state index in [9.17, 15) is 0 Å². The van der Waals surface area contributed by atoms with E-state index in [1.165, 1.54) is 11.9 Å². The van der Waals surface area contributed by atoms with Gasteiger partial charge in [0.1, 0.15) is 24.0 Å². The van der Waals surface area contributed by atoms with Crippen molar-refractivity contribution in [3.05, 3.63) is 78.1 Å². The average Bonchev–Trinajstić information content (AvgIpc) is 2.62. The van der Waals surface area contributed by atoms with Crippen LogP contribution in [-0.2, 0) is 6.54 Å². The molecule has 1 heterocycles. The third kappa shape index (κ3) is 3.83. The van der Waals surface area contributed by atoms with Crippen molar-refractivity contribution < 1.29 is 0 Å². The number of nitriles is 1. The summed E-state index contributed by atoms with van der Waals surface area (Å²) in [5.74, 6) is 1.36. The number of anilines is 3. The zero-order chi connectivity index (χ0) is 15.9. The van der Waals surface area contributed by atoms with E-state index in [-0.39, 0.29) is 0 Å². The van der Waals surface area contributed by atoms with Gasteiger partial charge in [-0.05, 0) is 17.7 Å². The van der Waals surface area contributed by atoms with Gasteiger partial charge in [0, 0.05) is 12.6 Å². The van der Waals surface area contributed by atoms with Gasteiger partial charge in [0.2, 0.25) is 0 Å². The molecule has 1 aromatic heterocycles. The van der Waals surface area contributed by atoms with Crippen LogP contribution in [0.3, 0.4) is 0 Å². The smallest absolute Gasteiger partial charge is 0.135 e. The summed E-state index contributed by atoms with van der Waals surface area (Å²) in [6.07, 6.45) is 1.49. The van der Waals surface area contributed by atoms with Crippen LogP contribution in [0.4, 0.5) is 17.3 Å². The third-order valence-corrected chi connectivity index (χ3v) is 3.29. The second-order valence-corrected chi connectivity index (χ2v) is 4.91. The van der Waals surface area contributed by atoms with Crippen molar-refractivity contribution in [3.63, 3.8) is 0 Å². The van der Waals surface area contributed by atoms with Crippen LogP contribution in [0.1, 0.15) is 11.1 Å². The molecule has 2 N–H and O–H groups in total. The summed E-state index contributed by atoms with van der Waals surface area (Å²) in [4.78, 5) is 8.40. The fraction of sp³-hybridized carbons (Fsp3) is 0.0556. The van der Waals surface area contributed by atoms with Crippen molar-refractivity contribution in [1.82, 2.24) is 9.97 Å². The van der Waals surface area contributed by atoms with Crippen LogP contribution in [-0.4, -0.2) is 9.97 Å². The molecule has 0 aliphatic heterocycles. The van der Waals surface area contributed by atoms with Crippen LogP contribution in [0.2, 0.25) is 0 Å². The highest BCUT2D eigenvalue weighted by molar-refractivity contribution is 5.65. The summed E-state index contributed by atoms with van der Waals surface area (Å²) in [7, 11) is 0. The molecule has 0 saturated carbocycles. The molecule has 3 aromatic rings. The van der Waals surface area contributed by atoms with Crippen molar-refractivity contribution in [2.75, 3.05) is 10.6 Å². The van der Waals surface area contributed by atoms with Gasteiger partial charge < -0.3 is 10.6 Å². The molecule has 0 unspecified atom stereocenters. The molecule has 0 bridgehead atoms. The van der Waals surface area contributed by atoms with Gasteiger partial charge in [-0.3, -0.25) is 0 Å². The maximum Gasteiger partial charge on any atom is 0.135 e. The first-order chi connectivity index (χ1) is 11.3. The van der Waals surface area contributed by atoms with Crippen molar-refractivity contribution in [1.29, 1.82) is 5.26 Å². The normalized spacial score (nSPS) is 9.87. The van der Waals surface area contributed by atoms with Crippen molar-refractivity contribution in [2.24, 2.45) is 0 Å². The maximum atomic E-state index is 9.13. The number of hydrogen-bond acceptors (Lipinski definition) is 5. The topological polar surface area (TPSA) is 73.6 Å². The minimum absolute atomic E-state index is 0.574. The molecule has 3 rings (SSSR count). The van der Waals surface area contributed by atoms with E-state index >= 15 is 0 Å². The minimum atomic E-state index is 0.574. The monoisotopic (exact) mass is 301 g/mol. The largest absolute Gasteiger partial charge is 0.366 e. The Morgan fingerprint density at radius 1 is 0.913 bits per heavy atom. The Morgan fingerprint density at radius 3 is 2.48 bits per heavy atom. The van der Waals surface area contributed by atoms with Crippen LogP contribution >= 0.6 is 0 Å². The van der Waals surface area contributed by atoms with Gasteiger partial charge in [0.05, 0.1) is 11.3 Å². The predicted octanol–water partition coefficient (Wildman–Crippen LogP) is 3.70. The number of nitrogens with one attached hydrogen (secondary N) is 2. The standard InChI is InChI=1S/C18H15N5/c19-11-15-8-4-5-9-16(15)23-18-10-17(21-13-22-18)20-12-14-6-2-1-3-7-14/h1-10,13H,12H2,(H2,20,21,22,23). The first-order valence-electron chi connectivity index (χ1n) is 7.21. The Balaban J connectivity index is 1.71. The number of nitrogens with zero attached hydrogens (tertiary/aromatic N) is 3. The second-order valence-electron chi connectivity index (χ2n) is 4.91. The molecule has 0 atom stereocenters. The maximum absolute atomic E-state index is 9.13. The summed E-state index contributed by atoms with van der Waals surface area (Å²) >= 11 is 0. The van der Waals surface area contributed by atoms with E-state index in [1.54, 1.807) is 6.07 Å². The van der Waals surface area contributed by atoms with Crippen molar-refractivity contribution in [3.8, 4) is 6.07 Å². The lowest BCUT2D eigenvalue weighted by molar-refractivity contribution is 1.08. The molecule has 0 aliphatic rings. The lowest BCUT2D eigenvalue weighted by Crippen LogP contribution is -2.03. The quantitative estimate of drug-likeness (QED) is 0.751. The fourth-order valence-corrected chi connectivity index (χ4v) is 2.14. The molecule has 0 saturated heterocycles. The molecule has 0 spiro atoms. The Bertz CT molecular complexity index is 824. The lowest BCUT2D eigenvalue weighted by Gasteiger charge is -2.09. The Labute approximate surface area is 134 Å². The fourth-order valence-electron chi connectivity index (χ4n) is 2.14. The molecule has 112 valence electrons. The van der Waals surface area contributed by atoms with Crippen molar-refractivity contribution >= 4 is 17.3 Å². The van der Waals surface area contributed by atoms with E-state index < -0.39 is 0 Å². The van der Waals surface area contributed by atoms with Crippen LogP contribution in [0.15, 0.2) is 67.0 Å². The van der Waals surface area contributed by atoms with Gasteiger partial charge in [-0.15, -0.1) is 0 Å². The zero-order valence-corrected chi connectivity index (χ0v) is 12.4. The SMILES string of the molecule is N#Cc1ccccc1Nc1cc(NCc2ccccc2)ncn1. The number of rotatable bonds is 5. The molecule has 23 heavy (non-hydrogen) atoms. The van der Waals surface area contributed by atoms with Gasteiger partial charge in [-0.2, -0.15) is 5.26 Å². The molecule has 0 amide bonds. The van der Waals surface area contributed by atoms with E-state index in [0.29, 0.717) is 17.9 Å². The van der Waals surface area contributed by atoms with E-state index in [4.69, 9.17) is 5.26 Å². The molecular weight excluding hydrogens is 286 g/mol. The third-order valence-electron chi connectivity index (χ3n) is 3.29. The predicted molar refractivity (Wildman–Crippen MR) is 90.2 cm³/mol. The lowest BCUT2D eigenvalue weighted by atomic mass is 10.2. The Hall–Kier alpha value is -3.39. The molecule has 2 aromatic carbocycles. The van der Waals surface area contributed by atoms with E-state index in [2.05, 4.69) is 38.8 Å². The summed E-state index contributed by atoms with van der Waals surface area (Å²) in [5.41, 5.74) is 2.48. The number of hydrogen-bond donors (Lipinski definition) is 2. The second kappa shape index (κ2) is 7.05. The van der Waals surface area contributed by atoms with Gasteiger partial charge in [-0.25, -0.2) is 9.97 Å². The van der Waals surface area contributed by atoms with Crippen LogP contribution in [0.5, 0.6) is 0 Å². The number of para-hydroxylation sites is 1. The van der Waals surface area contributed by atoms with Gasteiger partial charge in [0.15, 0.2) is 0 Å². The highest BCUT2D eigenvalue weighted by Gasteiger charge is 2.03. The molecule has 0 radical (unpaired) electrons. The highest BCUT2D eigenvalue weighted by Crippen LogP contribution is 2.20. The van der Waals surface area contributed by atoms with Gasteiger partial charge in [0.25, 0.3) is 0 Å². The molecular formula is C18H15N5. The summed E-state index contributed by atoms with van der Waals surface area (Å²) in [6, 6.07) is 21.4. The Kier molecular flexibility index (Phi) is 4.46. The van der Waals surface area contributed by atoms with Crippen LogP contribution in [0.25, 0.3) is 0 Å². The van der Waals surface area contributed by atoms with Crippen LogP contribution in [0, 0.1) is 11.3 Å². The minimum Gasteiger partial charge on any atom is -0.366 e. The van der Waals surface area contributed by atoms with Gasteiger partial charge >= 0.3 is 0 Å². The summed E-state index contributed by atoms with van der Waals surface area (Å²) < 4.78 is 0. The van der Waals surface area contributed by atoms with Crippen molar-refractivity contribution in [2.45, 2.75) is 6.54 Å². The molecule has 0 fully saturated rings. The van der Waals surface area contributed by atoms with Crippen LogP contribution < -0.4 is 10.6 Å². The number of benzene rings is 2. The summed E-state index contributed by atoms with van der Waals surface area (Å²) in [6.45, 7) is 0.687. The first-order valence-corrected chi connectivity index (χ1v) is 7.21. The van der Waals surface area contributed by atoms with Gasteiger partial charge in [-0.1, -0.05) is 42.5 Å². The summed E-state index contributed by atoms with van der Waals surface area (Å²) in [5, 5.41) is 15.5. The molecule has 5 heteroatoms. The first kappa shape index (κ1) is 14.5. The number of aromatic nitrogens is 2. The average molecular weight is 301 g/mol. The highest BCUT2D eigenvalue weighted by atomic mass is 15.1.